The summed E-state index contributed by atoms with van der Waals surface area (Å²) < 4.78 is 5.29. The van der Waals surface area contributed by atoms with Crippen LogP contribution in [0.25, 0.3) is 0 Å². The smallest absolute Gasteiger partial charge is 0.105 e. The van der Waals surface area contributed by atoms with Crippen LogP contribution in [0.4, 0.5) is 0 Å². The highest BCUT2D eigenvalue weighted by atomic mass is 16.3. The van der Waals surface area contributed by atoms with Crippen LogP contribution in [-0.2, 0) is 6.42 Å². The van der Waals surface area contributed by atoms with Crippen molar-refractivity contribution >= 4 is 0 Å². The number of nitrogens with one attached hydrogen (secondary N) is 1. The molecule has 0 atom stereocenters. The topological polar surface area (TPSA) is 28.4 Å². The predicted octanol–water partition coefficient (Wildman–Crippen LogP) is 1.75. The van der Waals surface area contributed by atoms with Gasteiger partial charge < -0.3 is 14.6 Å². The van der Waals surface area contributed by atoms with Crippen LogP contribution in [0, 0.1) is 5.92 Å². The SMILES string of the molecule is CN1CCC(CNCCc2ccco2)CC1. The molecule has 1 aromatic rings. The Morgan fingerprint density at radius 3 is 2.94 bits per heavy atom. The lowest BCUT2D eigenvalue weighted by Crippen LogP contribution is -2.35. The molecule has 3 heteroatoms. The van der Waals surface area contributed by atoms with Crippen LogP contribution in [0.5, 0.6) is 0 Å². The van der Waals surface area contributed by atoms with E-state index in [1.807, 2.05) is 12.1 Å². The molecule has 0 amide bonds. The Kier molecular flexibility index (Phi) is 4.43. The Balaban J connectivity index is 1.55. The summed E-state index contributed by atoms with van der Waals surface area (Å²) >= 11 is 0. The van der Waals surface area contributed by atoms with E-state index in [0.717, 1.165) is 31.2 Å². The maximum Gasteiger partial charge on any atom is 0.105 e. The maximum atomic E-state index is 5.29. The van der Waals surface area contributed by atoms with Crippen molar-refractivity contribution in [3.63, 3.8) is 0 Å². The third-order valence-corrected chi connectivity index (χ3v) is 3.40. The minimum atomic E-state index is 0.868. The van der Waals surface area contributed by atoms with Crippen molar-refractivity contribution in [3.8, 4) is 0 Å². The summed E-state index contributed by atoms with van der Waals surface area (Å²) in [5.74, 6) is 1.95. The van der Waals surface area contributed by atoms with Crippen molar-refractivity contribution in [2.45, 2.75) is 19.3 Å². The van der Waals surface area contributed by atoms with Gasteiger partial charge in [-0.15, -0.1) is 0 Å². The summed E-state index contributed by atoms with van der Waals surface area (Å²) in [6, 6.07) is 3.99. The summed E-state index contributed by atoms with van der Waals surface area (Å²) in [5, 5.41) is 3.53. The minimum Gasteiger partial charge on any atom is -0.469 e. The van der Waals surface area contributed by atoms with Gasteiger partial charge in [-0.25, -0.2) is 0 Å². The normalized spacial score (nSPS) is 19.1. The Labute approximate surface area is 97.8 Å². The van der Waals surface area contributed by atoms with Crippen molar-refractivity contribution in [2.75, 3.05) is 33.2 Å². The first-order valence-electron chi connectivity index (χ1n) is 6.26. The summed E-state index contributed by atoms with van der Waals surface area (Å²) in [6.45, 7) is 4.70. The quantitative estimate of drug-likeness (QED) is 0.769. The average molecular weight is 222 g/mol. The zero-order valence-electron chi connectivity index (χ0n) is 10.1. The molecule has 1 N–H and O–H groups in total. The first-order chi connectivity index (χ1) is 7.84. The van der Waals surface area contributed by atoms with E-state index in [1.165, 1.54) is 25.9 Å². The van der Waals surface area contributed by atoms with Gasteiger partial charge in [0.05, 0.1) is 6.26 Å². The van der Waals surface area contributed by atoms with Crippen molar-refractivity contribution in [3.05, 3.63) is 24.2 Å². The highest BCUT2D eigenvalue weighted by molar-refractivity contribution is 4.98. The molecule has 1 aliphatic heterocycles. The van der Waals surface area contributed by atoms with Gasteiger partial charge in [0.2, 0.25) is 0 Å². The van der Waals surface area contributed by atoms with Gasteiger partial charge in [-0.2, -0.15) is 0 Å². The van der Waals surface area contributed by atoms with Gasteiger partial charge >= 0.3 is 0 Å². The summed E-state index contributed by atoms with van der Waals surface area (Å²) in [7, 11) is 2.21. The fourth-order valence-electron chi connectivity index (χ4n) is 2.24. The molecule has 3 nitrogen and oxygen atoms in total. The van der Waals surface area contributed by atoms with Gasteiger partial charge in [-0.05, 0) is 57.6 Å². The molecule has 90 valence electrons. The molecular formula is C13H22N2O. The zero-order chi connectivity index (χ0) is 11.2. The Morgan fingerprint density at radius 1 is 1.44 bits per heavy atom. The number of likely N-dealkylation sites (tertiary alicyclic amines) is 1. The number of furan rings is 1. The van der Waals surface area contributed by atoms with E-state index in [0.29, 0.717) is 0 Å². The molecule has 0 saturated carbocycles. The molecular weight excluding hydrogens is 200 g/mol. The molecule has 1 fully saturated rings. The molecule has 0 bridgehead atoms. The molecule has 0 aromatic carbocycles. The van der Waals surface area contributed by atoms with Gasteiger partial charge in [0, 0.05) is 13.0 Å². The van der Waals surface area contributed by atoms with Gasteiger partial charge in [-0.1, -0.05) is 0 Å². The number of hydrogen-bond acceptors (Lipinski definition) is 3. The van der Waals surface area contributed by atoms with Crippen molar-refractivity contribution in [1.82, 2.24) is 10.2 Å². The lowest BCUT2D eigenvalue weighted by Gasteiger charge is -2.29. The lowest BCUT2D eigenvalue weighted by atomic mass is 9.97. The Morgan fingerprint density at radius 2 is 2.25 bits per heavy atom. The molecule has 0 spiro atoms. The summed E-state index contributed by atoms with van der Waals surface area (Å²) in [6.07, 6.45) is 5.42. The molecule has 1 saturated heterocycles. The van der Waals surface area contributed by atoms with E-state index >= 15 is 0 Å². The van der Waals surface area contributed by atoms with Crippen LogP contribution in [0.3, 0.4) is 0 Å². The largest absolute Gasteiger partial charge is 0.469 e. The molecule has 0 aliphatic carbocycles. The fourth-order valence-corrected chi connectivity index (χ4v) is 2.24. The molecule has 2 rings (SSSR count). The van der Waals surface area contributed by atoms with E-state index in [2.05, 4.69) is 17.3 Å². The second-order valence-electron chi connectivity index (χ2n) is 4.78. The monoisotopic (exact) mass is 222 g/mol. The Bertz CT molecular complexity index is 276. The number of hydrogen-bond donors (Lipinski definition) is 1. The summed E-state index contributed by atoms with van der Waals surface area (Å²) in [4.78, 5) is 2.42. The molecule has 1 aliphatic rings. The van der Waals surface area contributed by atoms with E-state index in [9.17, 15) is 0 Å². The molecule has 0 unspecified atom stereocenters. The average Bonchev–Trinajstić information content (AvgIpc) is 2.80. The van der Waals surface area contributed by atoms with Gasteiger partial charge in [0.25, 0.3) is 0 Å². The van der Waals surface area contributed by atoms with Gasteiger partial charge in [-0.3, -0.25) is 0 Å². The highest BCUT2D eigenvalue weighted by Gasteiger charge is 2.15. The van der Waals surface area contributed by atoms with Crippen LogP contribution in [-0.4, -0.2) is 38.1 Å². The molecule has 0 radical (unpaired) electrons. The highest BCUT2D eigenvalue weighted by Crippen LogP contribution is 2.14. The standard InChI is InChI=1S/C13H22N2O/c1-15-8-5-12(6-9-15)11-14-7-4-13-3-2-10-16-13/h2-3,10,12,14H,4-9,11H2,1H3. The lowest BCUT2D eigenvalue weighted by molar-refractivity contribution is 0.216. The zero-order valence-corrected chi connectivity index (χ0v) is 10.1. The van der Waals surface area contributed by atoms with Crippen LogP contribution in [0.15, 0.2) is 22.8 Å². The van der Waals surface area contributed by atoms with Crippen LogP contribution < -0.4 is 5.32 Å². The van der Waals surface area contributed by atoms with Crippen LogP contribution >= 0.6 is 0 Å². The van der Waals surface area contributed by atoms with E-state index in [4.69, 9.17) is 4.42 Å². The third-order valence-electron chi connectivity index (χ3n) is 3.40. The molecule has 16 heavy (non-hydrogen) atoms. The maximum absolute atomic E-state index is 5.29. The van der Waals surface area contributed by atoms with Gasteiger partial charge in [0.1, 0.15) is 5.76 Å². The van der Waals surface area contributed by atoms with Crippen LogP contribution in [0.2, 0.25) is 0 Å². The van der Waals surface area contributed by atoms with Crippen molar-refractivity contribution in [1.29, 1.82) is 0 Å². The predicted molar refractivity (Wildman–Crippen MR) is 65.5 cm³/mol. The minimum absolute atomic E-state index is 0.868. The summed E-state index contributed by atoms with van der Waals surface area (Å²) in [5.41, 5.74) is 0. The van der Waals surface area contributed by atoms with Crippen LogP contribution in [0.1, 0.15) is 18.6 Å². The van der Waals surface area contributed by atoms with Crippen molar-refractivity contribution < 1.29 is 4.42 Å². The number of nitrogens with zero attached hydrogens (tertiary/aromatic N) is 1. The molecule has 1 aromatic heterocycles. The first-order valence-corrected chi connectivity index (χ1v) is 6.26. The van der Waals surface area contributed by atoms with E-state index in [-0.39, 0.29) is 0 Å². The fraction of sp³-hybridized carbons (Fsp3) is 0.692. The molecule has 2 heterocycles. The Hall–Kier alpha value is -0.800. The number of piperidine rings is 1. The third kappa shape index (κ3) is 3.65. The number of rotatable bonds is 5. The second kappa shape index (κ2) is 6.06. The first kappa shape index (κ1) is 11.7. The van der Waals surface area contributed by atoms with Gasteiger partial charge in [0.15, 0.2) is 0 Å². The van der Waals surface area contributed by atoms with E-state index in [1.54, 1.807) is 6.26 Å². The van der Waals surface area contributed by atoms with E-state index < -0.39 is 0 Å². The second-order valence-corrected chi connectivity index (χ2v) is 4.78. The van der Waals surface area contributed by atoms with Crippen molar-refractivity contribution in [2.24, 2.45) is 5.92 Å².